The van der Waals surface area contributed by atoms with Crippen molar-refractivity contribution in [3.8, 4) is 0 Å². The lowest BCUT2D eigenvalue weighted by Gasteiger charge is -2.34. The highest BCUT2D eigenvalue weighted by atomic mass is 16.5. The van der Waals surface area contributed by atoms with Gasteiger partial charge in [0.25, 0.3) is 0 Å². The number of nitrogens with zero attached hydrogens (tertiary/aromatic N) is 1. The topological polar surface area (TPSA) is 70.7 Å². The third-order valence-electron chi connectivity index (χ3n) is 4.72. The van der Waals surface area contributed by atoms with Crippen molar-refractivity contribution in [2.24, 2.45) is 5.92 Å². The van der Waals surface area contributed by atoms with Crippen molar-refractivity contribution in [1.29, 1.82) is 0 Å². The van der Waals surface area contributed by atoms with Crippen LogP contribution in [0.15, 0.2) is 30.3 Å². The molecule has 0 aliphatic carbocycles. The lowest BCUT2D eigenvalue weighted by molar-refractivity contribution is -0.147. The molecule has 0 saturated carbocycles. The number of benzene rings is 1. The lowest BCUT2D eigenvalue weighted by atomic mass is 9.91. The highest BCUT2D eigenvalue weighted by molar-refractivity contribution is 5.77. The summed E-state index contributed by atoms with van der Waals surface area (Å²) in [5.41, 5.74) is 0.988. The fourth-order valence-corrected chi connectivity index (χ4v) is 3.44. The summed E-state index contributed by atoms with van der Waals surface area (Å²) >= 11 is 0. The van der Waals surface area contributed by atoms with Gasteiger partial charge in [-0.2, -0.15) is 0 Å². The average Bonchev–Trinajstić information content (AvgIpc) is 3.03. The molecule has 0 spiro atoms. The summed E-state index contributed by atoms with van der Waals surface area (Å²) in [6.45, 7) is 1.69. The van der Waals surface area contributed by atoms with Crippen LogP contribution < -0.4 is 10.6 Å². The smallest absolute Gasteiger partial charge is 0.323 e. The van der Waals surface area contributed by atoms with Gasteiger partial charge in [-0.1, -0.05) is 30.3 Å². The van der Waals surface area contributed by atoms with Crippen LogP contribution >= 0.6 is 0 Å². The van der Waals surface area contributed by atoms with Crippen LogP contribution in [0.5, 0.6) is 0 Å². The molecule has 2 fully saturated rings. The van der Waals surface area contributed by atoms with E-state index in [9.17, 15) is 9.59 Å². The van der Waals surface area contributed by atoms with Crippen molar-refractivity contribution in [1.82, 2.24) is 15.5 Å². The van der Waals surface area contributed by atoms with Gasteiger partial charge in [0, 0.05) is 26.2 Å². The molecule has 6 nitrogen and oxygen atoms in total. The van der Waals surface area contributed by atoms with Crippen LogP contribution in [-0.4, -0.2) is 49.1 Å². The molecule has 2 heterocycles. The van der Waals surface area contributed by atoms with E-state index in [4.69, 9.17) is 4.74 Å². The maximum Gasteiger partial charge on any atom is 0.323 e. The summed E-state index contributed by atoms with van der Waals surface area (Å²) in [6.07, 6.45) is 1.72. The molecule has 23 heavy (non-hydrogen) atoms. The SMILES string of the molecule is CNC(=O)N1CC[C@@H]2C[C@@H](C(=O)OCc3ccccc3)N[C@@H]2C1. The van der Waals surface area contributed by atoms with E-state index in [0.717, 1.165) is 24.9 Å². The van der Waals surface area contributed by atoms with Gasteiger partial charge in [-0.15, -0.1) is 0 Å². The molecule has 2 aliphatic heterocycles. The number of carbonyl (C=O) groups excluding carboxylic acids is 2. The Kier molecular flexibility index (Phi) is 4.81. The maximum atomic E-state index is 12.3. The second-order valence-electron chi connectivity index (χ2n) is 6.20. The summed E-state index contributed by atoms with van der Waals surface area (Å²) in [4.78, 5) is 25.8. The van der Waals surface area contributed by atoms with Gasteiger partial charge in [-0.25, -0.2) is 4.79 Å². The highest BCUT2D eigenvalue weighted by Crippen LogP contribution is 2.29. The van der Waals surface area contributed by atoms with E-state index in [1.165, 1.54) is 0 Å². The molecule has 2 aliphatic rings. The quantitative estimate of drug-likeness (QED) is 0.820. The Morgan fingerprint density at radius 2 is 2.13 bits per heavy atom. The molecule has 0 unspecified atom stereocenters. The minimum Gasteiger partial charge on any atom is -0.460 e. The Balaban J connectivity index is 1.51. The Labute approximate surface area is 136 Å². The van der Waals surface area contributed by atoms with Gasteiger partial charge < -0.3 is 15.0 Å². The van der Waals surface area contributed by atoms with Crippen LogP contribution in [0.25, 0.3) is 0 Å². The molecule has 3 rings (SSSR count). The summed E-state index contributed by atoms with van der Waals surface area (Å²) in [6, 6.07) is 9.53. The molecule has 1 aromatic carbocycles. The number of carbonyl (C=O) groups is 2. The summed E-state index contributed by atoms with van der Waals surface area (Å²) in [7, 11) is 1.64. The van der Waals surface area contributed by atoms with Crippen LogP contribution in [0, 0.1) is 5.92 Å². The van der Waals surface area contributed by atoms with Gasteiger partial charge >= 0.3 is 12.0 Å². The third-order valence-corrected chi connectivity index (χ3v) is 4.72. The molecule has 6 heteroatoms. The fourth-order valence-electron chi connectivity index (χ4n) is 3.44. The number of likely N-dealkylation sites (tertiary alicyclic amines) is 1. The molecular formula is C17H23N3O3. The van der Waals surface area contributed by atoms with Gasteiger partial charge in [0.15, 0.2) is 0 Å². The monoisotopic (exact) mass is 317 g/mol. The zero-order chi connectivity index (χ0) is 16.2. The molecule has 2 amide bonds. The maximum absolute atomic E-state index is 12.3. The molecule has 2 N–H and O–H groups in total. The van der Waals surface area contributed by atoms with E-state index < -0.39 is 0 Å². The molecule has 124 valence electrons. The number of amides is 2. The number of fused-ring (bicyclic) bond motifs is 1. The number of urea groups is 1. The molecule has 3 atom stereocenters. The van der Waals surface area contributed by atoms with Crippen molar-refractivity contribution in [3.05, 3.63) is 35.9 Å². The van der Waals surface area contributed by atoms with Crippen LogP contribution in [0.2, 0.25) is 0 Å². The van der Waals surface area contributed by atoms with Crippen molar-refractivity contribution < 1.29 is 14.3 Å². The van der Waals surface area contributed by atoms with Crippen LogP contribution in [-0.2, 0) is 16.1 Å². The number of hydrogen-bond acceptors (Lipinski definition) is 4. The second kappa shape index (κ2) is 7.00. The first-order valence-electron chi connectivity index (χ1n) is 8.10. The van der Waals surface area contributed by atoms with Gasteiger partial charge in [-0.05, 0) is 24.3 Å². The zero-order valence-electron chi connectivity index (χ0n) is 13.3. The number of esters is 1. The minimum absolute atomic E-state index is 0.0552. The number of piperidine rings is 1. The number of rotatable bonds is 3. The average molecular weight is 317 g/mol. The van der Waals surface area contributed by atoms with E-state index in [2.05, 4.69) is 10.6 Å². The first kappa shape index (κ1) is 15.8. The van der Waals surface area contributed by atoms with Crippen molar-refractivity contribution in [2.75, 3.05) is 20.1 Å². The Bertz CT molecular complexity index is 563. The van der Waals surface area contributed by atoms with E-state index >= 15 is 0 Å². The second-order valence-corrected chi connectivity index (χ2v) is 6.20. The standard InChI is InChI=1S/C17H23N3O3/c1-18-17(22)20-8-7-13-9-14(19-15(13)10-20)16(21)23-11-12-5-3-2-4-6-12/h2-6,13-15,19H,7-11H2,1H3,(H,18,22)/t13-,14+,15-/m1/s1. The normalized spacial score (nSPS) is 26.5. The first-order valence-corrected chi connectivity index (χ1v) is 8.10. The summed E-state index contributed by atoms with van der Waals surface area (Å²) in [5, 5.41) is 6.00. The molecule has 0 bridgehead atoms. The van der Waals surface area contributed by atoms with Crippen molar-refractivity contribution >= 4 is 12.0 Å². The molecule has 0 radical (unpaired) electrons. The Morgan fingerprint density at radius 3 is 2.87 bits per heavy atom. The lowest BCUT2D eigenvalue weighted by Crippen LogP contribution is -2.52. The van der Waals surface area contributed by atoms with E-state index in [0.29, 0.717) is 19.1 Å². The highest BCUT2D eigenvalue weighted by Gasteiger charge is 2.41. The van der Waals surface area contributed by atoms with Gasteiger partial charge in [-0.3, -0.25) is 10.1 Å². The van der Waals surface area contributed by atoms with E-state index in [1.807, 2.05) is 30.3 Å². The predicted octanol–water partition coefficient (Wildman–Crippen LogP) is 1.12. The van der Waals surface area contributed by atoms with Gasteiger partial charge in [0.1, 0.15) is 12.6 Å². The molecule has 0 aromatic heterocycles. The molecule has 1 aromatic rings. The first-order chi connectivity index (χ1) is 11.2. The third kappa shape index (κ3) is 3.64. The number of nitrogens with one attached hydrogen (secondary N) is 2. The fraction of sp³-hybridized carbons (Fsp3) is 0.529. The minimum atomic E-state index is -0.265. The summed E-state index contributed by atoms with van der Waals surface area (Å²) in [5.74, 6) is 0.236. The van der Waals surface area contributed by atoms with Gasteiger partial charge in [0.05, 0.1) is 0 Å². The summed E-state index contributed by atoms with van der Waals surface area (Å²) < 4.78 is 5.42. The largest absolute Gasteiger partial charge is 0.460 e. The van der Waals surface area contributed by atoms with Crippen LogP contribution in [0.1, 0.15) is 18.4 Å². The Morgan fingerprint density at radius 1 is 1.35 bits per heavy atom. The van der Waals surface area contributed by atoms with Crippen molar-refractivity contribution in [2.45, 2.75) is 31.5 Å². The van der Waals surface area contributed by atoms with Gasteiger partial charge in [0.2, 0.25) is 0 Å². The number of hydrogen-bond donors (Lipinski definition) is 2. The molecule has 2 saturated heterocycles. The molecular weight excluding hydrogens is 294 g/mol. The van der Waals surface area contributed by atoms with Crippen molar-refractivity contribution in [3.63, 3.8) is 0 Å². The van der Waals surface area contributed by atoms with E-state index in [1.54, 1.807) is 11.9 Å². The Hall–Kier alpha value is -2.08. The predicted molar refractivity (Wildman–Crippen MR) is 85.7 cm³/mol. The van der Waals surface area contributed by atoms with Crippen LogP contribution in [0.3, 0.4) is 0 Å². The zero-order valence-corrected chi connectivity index (χ0v) is 13.3. The van der Waals surface area contributed by atoms with Crippen LogP contribution in [0.4, 0.5) is 4.79 Å². The van der Waals surface area contributed by atoms with E-state index in [-0.39, 0.29) is 24.1 Å². The number of ether oxygens (including phenoxy) is 1.